The summed E-state index contributed by atoms with van der Waals surface area (Å²) in [5, 5.41) is 5.01. The molecule has 3 nitrogen and oxygen atoms in total. The van der Waals surface area contributed by atoms with Crippen LogP contribution in [0.2, 0.25) is 0 Å². The van der Waals surface area contributed by atoms with Gasteiger partial charge in [-0.15, -0.1) is 11.3 Å². The molecule has 3 rings (SSSR count). The smallest absolute Gasteiger partial charge is 0.317 e. The summed E-state index contributed by atoms with van der Waals surface area (Å²) >= 11 is 1.65. The van der Waals surface area contributed by atoms with E-state index in [1.807, 2.05) is 34.5 Å². The minimum absolute atomic E-state index is 0.00703. The Labute approximate surface area is 140 Å². The first-order chi connectivity index (χ1) is 11.2. The van der Waals surface area contributed by atoms with Crippen LogP contribution in [0.4, 0.5) is 9.18 Å². The average Bonchev–Trinajstić information content (AvgIpc) is 2.96. The second-order valence-corrected chi connectivity index (χ2v) is 6.96. The molecule has 122 valence electrons. The van der Waals surface area contributed by atoms with Crippen LogP contribution in [0.3, 0.4) is 0 Å². The number of carbonyl (C=O) groups excluding carboxylic acids is 1. The average molecular weight is 332 g/mol. The van der Waals surface area contributed by atoms with E-state index in [2.05, 4.69) is 5.32 Å². The van der Waals surface area contributed by atoms with Crippen molar-refractivity contribution in [1.29, 1.82) is 0 Å². The number of hydrogen-bond acceptors (Lipinski definition) is 2. The van der Waals surface area contributed by atoms with Gasteiger partial charge in [-0.05, 0) is 42.0 Å². The normalized spacial score (nSPS) is 18.5. The van der Waals surface area contributed by atoms with Crippen LogP contribution < -0.4 is 5.32 Å². The highest BCUT2D eigenvalue weighted by Gasteiger charge is 2.23. The first kappa shape index (κ1) is 16.0. The molecule has 2 heterocycles. The van der Waals surface area contributed by atoms with Crippen molar-refractivity contribution in [3.05, 3.63) is 58.0 Å². The van der Waals surface area contributed by atoms with Crippen LogP contribution >= 0.6 is 11.3 Å². The molecule has 1 N–H and O–H groups in total. The molecule has 1 fully saturated rings. The Bertz CT molecular complexity index is 627. The van der Waals surface area contributed by atoms with Gasteiger partial charge >= 0.3 is 6.03 Å². The molecule has 5 heteroatoms. The Kier molecular flexibility index (Phi) is 5.28. The fourth-order valence-corrected chi connectivity index (χ4v) is 3.67. The molecule has 1 atom stereocenters. The van der Waals surface area contributed by atoms with Gasteiger partial charge in [-0.1, -0.05) is 24.6 Å². The minimum atomic E-state index is -0.215. The van der Waals surface area contributed by atoms with E-state index in [1.54, 1.807) is 11.3 Å². The zero-order chi connectivity index (χ0) is 16.1. The highest BCUT2D eigenvalue weighted by Crippen LogP contribution is 2.26. The molecule has 0 saturated carbocycles. The van der Waals surface area contributed by atoms with Crippen molar-refractivity contribution < 1.29 is 9.18 Å². The van der Waals surface area contributed by atoms with Crippen molar-refractivity contribution >= 4 is 17.4 Å². The highest BCUT2D eigenvalue weighted by molar-refractivity contribution is 7.09. The van der Waals surface area contributed by atoms with Crippen molar-refractivity contribution in [2.75, 3.05) is 13.1 Å². The van der Waals surface area contributed by atoms with E-state index in [0.29, 0.717) is 13.1 Å². The first-order valence-corrected chi connectivity index (χ1v) is 8.91. The van der Waals surface area contributed by atoms with Gasteiger partial charge in [0.05, 0.1) is 6.54 Å². The summed E-state index contributed by atoms with van der Waals surface area (Å²) in [6.07, 6.45) is 3.15. The Morgan fingerprint density at radius 2 is 2.09 bits per heavy atom. The fourth-order valence-electron chi connectivity index (χ4n) is 3.02. The van der Waals surface area contributed by atoms with Gasteiger partial charge in [0.25, 0.3) is 0 Å². The summed E-state index contributed by atoms with van der Waals surface area (Å²) in [6.45, 7) is 2.06. The summed E-state index contributed by atoms with van der Waals surface area (Å²) in [6, 6.07) is 10.7. The van der Waals surface area contributed by atoms with Crippen molar-refractivity contribution in [3.8, 4) is 0 Å². The maximum atomic E-state index is 13.1. The number of nitrogens with zero attached hydrogens (tertiary/aromatic N) is 1. The second-order valence-electron chi connectivity index (χ2n) is 5.93. The molecule has 2 aromatic rings. The molecule has 0 bridgehead atoms. The lowest BCUT2D eigenvalue weighted by atomic mass is 9.94. The van der Waals surface area contributed by atoms with Crippen molar-refractivity contribution in [1.82, 2.24) is 10.2 Å². The van der Waals surface area contributed by atoms with Crippen LogP contribution in [0.25, 0.3) is 0 Å². The second kappa shape index (κ2) is 7.59. The summed E-state index contributed by atoms with van der Waals surface area (Å²) in [5.41, 5.74) is 1.12. The summed E-state index contributed by atoms with van der Waals surface area (Å²) in [5.74, 6) is 0.0681. The molecule has 1 aliphatic heterocycles. The summed E-state index contributed by atoms with van der Waals surface area (Å²) in [7, 11) is 0. The molecule has 1 aliphatic rings. The number of urea groups is 1. The SMILES string of the molecule is O=C(NCc1cccs1)N1CCCC[C@H](c2ccc(F)cc2)C1. The van der Waals surface area contributed by atoms with Gasteiger partial charge in [0.1, 0.15) is 5.82 Å². The van der Waals surface area contributed by atoms with Gasteiger partial charge in [-0.2, -0.15) is 0 Å². The molecule has 0 radical (unpaired) electrons. The summed E-state index contributed by atoms with van der Waals surface area (Å²) < 4.78 is 13.1. The monoisotopic (exact) mass is 332 g/mol. The molecular formula is C18H21FN2OS. The Morgan fingerprint density at radius 1 is 1.26 bits per heavy atom. The fraction of sp³-hybridized carbons (Fsp3) is 0.389. The number of carbonyl (C=O) groups is 1. The maximum Gasteiger partial charge on any atom is 0.317 e. The molecule has 0 aliphatic carbocycles. The lowest BCUT2D eigenvalue weighted by Crippen LogP contribution is -2.41. The quantitative estimate of drug-likeness (QED) is 0.889. The van der Waals surface area contributed by atoms with E-state index in [4.69, 9.17) is 0 Å². The van der Waals surface area contributed by atoms with E-state index in [-0.39, 0.29) is 17.8 Å². The van der Waals surface area contributed by atoms with E-state index >= 15 is 0 Å². The lowest BCUT2D eigenvalue weighted by molar-refractivity contribution is 0.197. The predicted octanol–water partition coefficient (Wildman–Crippen LogP) is 4.37. The van der Waals surface area contributed by atoms with Crippen molar-refractivity contribution in [3.63, 3.8) is 0 Å². The third-order valence-corrected chi connectivity index (χ3v) is 5.17. The molecule has 0 spiro atoms. The zero-order valence-electron chi connectivity index (χ0n) is 13.0. The van der Waals surface area contributed by atoms with Gasteiger partial charge in [0.2, 0.25) is 0 Å². The van der Waals surface area contributed by atoms with E-state index in [9.17, 15) is 9.18 Å². The molecule has 1 saturated heterocycles. The number of hydrogen-bond donors (Lipinski definition) is 1. The van der Waals surface area contributed by atoms with Crippen LogP contribution in [0.15, 0.2) is 41.8 Å². The third kappa shape index (κ3) is 4.32. The molecule has 2 amide bonds. The van der Waals surface area contributed by atoms with Crippen molar-refractivity contribution in [2.45, 2.75) is 31.7 Å². The zero-order valence-corrected chi connectivity index (χ0v) is 13.8. The Morgan fingerprint density at radius 3 is 2.83 bits per heavy atom. The largest absolute Gasteiger partial charge is 0.333 e. The van der Waals surface area contributed by atoms with E-state index in [1.165, 1.54) is 12.1 Å². The van der Waals surface area contributed by atoms with Crippen LogP contribution in [-0.4, -0.2) is 24.0 Å². The molecule has 23 heavy (non-hydrogen) atoms. The topological polar surface area (TPSA) is 32.3 Å². The van der Waals surface area contributed by atoms with E-state index < -0.39 is 0 Å². The van der Waals surface area contributed by atoms with E-state index in [0.717, 1.165) is 36.2 Å². The minimum Gasteiger partial charge on any atom is -0.333 e. The molecule has 1 aromatic carbocycles. The number of amides is 2. The van der Waals surface area contributed by atoms with Gasteiger partial charge in [0.15, 0.2) is 0 Å². The maximum absolute atomic E-state index is 13.1. The van der Waals surface area contributed by atoms with Gasteiger partial charge in [-0.25, -0.2) is 9.18 Å². The molecule has 0 unspecified atom stereocenters. The Hall–Kier alpha value is -1.88. The van der Waals surface area contributed by atoms with Gasteiger partial charge in [0, 0.05) is 23.9 Å². The number of halogens is 1. The highest BCUT2D eigenvalue weighted by atomic mass is 32.1. The standard InChI is InChI=1S/C18H21FN2OS/c19-16-8-6-14(7-9-16)15-4-1-2-10-21(13-15)18(22)20-12-17-5-3-11-23-17/h3,5-9,11,15H,1-2,4,10,12-13H2,(H,20,22)/t15-/m0/s1. The van der Waals surface area contributed by atoms with Gasteiger partial charge < -0.3 is 10.2 Å². The molecule has 1 aromatic heterocycles. The molecular weight excluding hydrogens is 311 g/mol. The van der Waals surface area contributed by atoms with Crippen LogP contribution in [-0.2, 0) is 6.54 Å². The number of benzene rings is 1. The third-order valence-electron chi connectivity index (χ3n) is 4.29. The van der Waals surface area contributed by atoms with Crippen LogP contribution in [0.1, 0.15) is 35.6 Å². The summed E-state index contributed by atoms with van der Waals surface area (Å²) in [4.78, 5) is 15.5. The van der Waals surface area contributed by atoms with Crippen LogP contribution in [0.5, 0.6) is 0 Å². The lowest BCUT2D eigenvalue weighted by Gasteiger charge is -2.25. The van der Waals surface area contributed by atoms with Gasteiger partial charge in [-0.3, -0.25) is 0 Å². The van der Waals surface area contributed by atoms with Crippen LogP contribution in [0, 0.1) is 5.82 Å². The Balaban J connectivity index is 1.62. The number of likely N-dealkylation sites (tertiary alicyclic amines) is 1. The number of nitrogens with one attached hydrogen (secondary N) is 1. The number of rotatable bonds is 3. The van der Waals surface area contributed by atoms with Crippen molar-refractivity contribution in [2.24, 2.45) is 0 Å². The first-order valence-electron chi connectivity index (χ1n) is 8.03. The predicted molar refractivity (Wildman–Crippen MR) is 91.1 cm³/mol. The number of thiophene rings is 1.